The molecule has 0 atom stereocenters. The van der Waals surface area contributed by atoms with Gasteiger partial charge in [0.2, 0.25) is 0 Å². The zero-order valence-corrected chi connectivity index (χ0v) is 15.8. The van der Waals surface area contributed by atoms with Gasteiger partial charge < -0.3 is 5.32 Å². The molecule has 0 amide bonds. The third-order valence-electron chi connectivity index (χ3n) is 4.13. The number of rotatable bonds is 9. The van der Waals surface area contributed by atoms with Gasteiger partial charge in [0.15, 0.2) is 0 Å². The van der Waals surface area contributed by atoms with Gasteiger partial charge in [-0.05, 0) is 47.6 Å². The Kier molecular flexibility index (Phi) is 7.57. The minimum atomic E-state index is 0.884. The topological polar surface area (TPSA) is 12.0 Å². The van der Waals surface area contributed by atoms with Crippen LogP contribution in [-0.4, -0.2) is 18.8 Å². The second-order valence-corrected chi connectivity index (χ2v) is 7.24. The highest BCUT2D eigenvalue weighted by Crippen LogP contribution is 2.22. The lowest BCUT2D eigenvalue weighted by Gasteiger charge is -2.09. The molecule has 3 rings (SSSR count). The van der Waals surface area contributed by atoms with E-state index >= 15 is 0 Å². The van der Waals surface area contributed by atoms with Gasteiger partial charge in [0.05, 0.1) is 0 Å². The molecule has 0 aromatic heterocycles. The van der Waals surface area contributed by atoms with Crippen LogP contribution in [0.15, 0.2) is 102 Å². The van der Waals surface area contributed by atoms with Gasteiger partial charge in [-0.2, -0.15) is 0 Å². The van der Waals surface area contributed by atoms with Crippen LogP contribution in [0.25, 0.3) is 5.57 Å². The first-order valence-electron chi connectivity index (χ1n) is 9.13. The molecule has 0 heterocycles. The monoisotopic (exact) mass is 359 g/mol. The Bertz CT molecular complexity index is 741. The van der Waals surface area contributed by atoms with Gasteiger partial charge in [0, 0.05) is 11.4 Å². The van der Waals surface area contributed by atoms with Crippen LogP contribution >= 0.6 is 11.8 Å². The van der Waals surface area contributed by atoms with E-state index in [0.29, 0.717) is 0 Å². The van der Waals surface area contributed by atoms with E-state index in [1.54, 1.807) is 0 Å². The summed E-state index contributed by atoms with van der Waals surface area (Å²) in [5.41, 5.74) is 3.82. The van der Waals surface area contributed by atoms with Gasteiger partial charge in [-0.1, -0.05) is 84.9 Å². The van der Waals surface area contributed by atoms with E-state index in [1.807, 2.05) is 11.8 Å². The third-order valence-corrected chi connectivity index (χ3v) is 5.23. The van der Waals surface area contributed by atoms with Crippen molar-refractivity contribution in [3.8, 4) is 0 Å². The quantitative estimate of drug-likeness (QED) is 0.378. The summed E-state index contributed by atoms with van der Waals surface area (Å²) in [6.45, 7) is 1.92. The molecule has 132 valence electrons. The normalized spacial score (nSPS) is 10.5. The van der Waals surface area contributed by atoms with E-state index in [2.05, 4.69) is 102 Å². The molecule has 0 saturated heterocycles. The largest absolute Gasteiger partial charge is 0.313 e. The van der Waals surface area contributed by atoms with Crippen LogP contribution in [0.4, 0.5) is 0 Å². The molecule has 0 radical (unpaired) electrons. The van der Waals surface area contributed by atoms with Gasteiger partial charge in [0.1, 0.15) is 0 Å². The average Bonchev–Trinajstić information content (AvgIpc) is 2.72. The second-order valence-electron chi connectivity index (χ2n) is 6.07. The van der Waals surface area contributed by atoms with E-state index in [-0.39, 0.29) is 0 Å². The molecule has 0 aliphatic rings. The molecule has 0 spiro atoms. The number of hydrogen-bond acceptors (Lipinski definition) is 2. The Morgan fingerprint density at radius 2 is 1.27 bits per heavy atom. The Hall–Kier alpha value is -2.29. The SMILES string of the molecule is C(CNCCCSc1ccccc1)=C(c1ccccc1)c1ccccc1. The summed E-state index contributed by atoms with van der Waals surface area (Å²) in [4.78, 5) is 1.35. The smallest absolute Gasteiger partial charge is 0.0144 e. The lowest BCUT2D eigenvalue weighted by atomic mass is 9.98. The second kappa shape index (κ2) is 10.6. The highest BCUT2D eigenvalue weighted by Gasteiger charge is 2.03. The maximum Gasteiger partial charge on any atom is 0.0144 e. The van der Waals surface area contributed by atoms with Crippen LogP contribution in [0, 0.1) is 0 Å². The van der Waals surface area contributed by atoms with E-state index < -0.39 is 0 Å². The molecular weight excluding hydrogens is 334 g/mol. The van der Waals surface area contributed by atoms with E-state index in [9.17, 15) is 0 Å². The maximum atomic E-state index is 3.55. The van der Waals surface area contributed by atoms with Gasteiger partial charge in [-0.3, -0.25) is 0 Å². The minimum absolute atomic E-state index is 0.884. The predicted octanol–water partition coefficient (Wildman–Crippen LogP) is 5.89. The summed E-state index contributed by atoms with van der Waals surface area (Å²) in [6, 6.07) is 31.8. The Labute approximate surface area is 161 Å². The standard InChI is InChI=1S/C24H25NS/c1-4-11-21(12-5-1)24(22-13-6-2-7-14-22)17-19-25-18-10-20-26-23-15-8-3-9-16-23/h1-9,11-17,25H,10,18-20H2. The molecule has 26 heavy (non-hydrogen) atoms. The number of benzene rings is 3. The van der Waals surface area contributed by atoms with Crippen molar-refractivity contribution >= 4 is 17.3 Å². The molecule has 3 aromatic rings. The number of thioether (sulfide) groups is 1. The molecule has 0 fully saturated rings. The molecule has 0 aliphatic heterocycles. The number of nitrogens with one attached hydrogen (secondary N) is 1. The predicted molar refractivity (Wildman–Crippen MR) is 115 cm³/mol. The summed E-state index contributed by atoms with van der Waals surface area (Å²) in [6.07, 6.45) is 3.47. The van der Waals surface area contributed by atoms with E-state index in [4.69, 9.17) is 0 Å². The summed E-state index contributed by atoms with van der Waals surface area (Å²) >= 11 is 1.92. The van der Waals surface area contributed by atoms with Crippen molar-refractivity contribution in [3.05, 3.63) is 108 Å². The van der Waals surface area contributed by atoms with E-state index in [1.165, 1.54) is 28.0 Å². The molecule has 3 aromatic carbocycles. The summed E-state index contributed by atoms with van der Waals surface area (Å²) in [5, 5.41) is 3.55. The molecule has 2 heteroatoms. The van der Waals surface area contributed by atoms with Crippen LogP contribution in [0.3, 0.4) is 0 Å². The fourth-order valence-corrected chi connectivity index (χ4v) is 3.69. The molecule has 0 bridgehead atoms. The Morgan fingerprint density at radius 1 is 0.731 bits per heavy atom. The zero-order chi connectivity index (χ0) is 17.9. The zero-order valence-electron chi connectivity index (χ0n) is 15.0. The van der Waals surface area contributed by atoms with Crippen LogP contribution in [0.2, 0.25) is 0 Å². The summed E-state index contributed by atoms with van der Waals surface area (Å²) in [7, 11) is 0. The first-order chi connectivity index (χ1) is 12.9. The Balaban J connectivity index is 1.49. The number of hydrogen-bond donors (Lipinski definition) is 1. The molecule has 0 unspecified atom stereocenters. The van der Waals surface area contributed by atoms with Crippen LogP contribution < -0.4 is 5.32 Å². The van der Waals surface area contributed by atoms with E-state index in [0.717, 1.165) is 18.8 Å². The maximum absolute atomic E-state index is 3.55. The fraction of sp³-hybridized carbons (Fsp3) is 0.167. The van der Waals surface area contributed by atoms with Gasteiger partial charge in [-0.15, -0.1) is 11.8 Å². The fourth-order valence-electron chi connectivity index (χ4n) is 2.82. The first-order valence-corrected chi connectivity index (χ1v) is 10.1. The molecule has 0 aliphatic carbocycles. The molecule has 0 saturated carbocycles. The lowest BCUT2D eigenvalue weighted by Crippen LogP contribution is -2.16. The molecule has 1 N–H and O–H groups in total. The summed E-state index contributed by atoms with van der Waals surface area (Å²) < 4.78 is 0. The van der Waals surface area contributed by atoms with Crippen molar-refractivity contribution in [2.24, 2.45) is 0 Å². The van der Waals surface area contributed by atoms with Gasteiger partial charge in [0.25, 0.3) is 0 Å². The van der Waals surface area contributed by atoms with Crippen molar-refractivity contribution in [1.29, 1.82) is 0 Å². The molecular formula is C24H25NS. The Morgan fingerprint density at radius 3 is 1.85 bits per heavy atom. The summed E-state index contributed by atoms with van der Waals surface area (Å²) in [5.74, 6) is 1.14. The van der Waals surface area contributed by atoms with Crippen molar-refractivity contribution in [2.75, 3.05) is 18.8 Å². The van der Waals surface area contributed by atoms with Crippen molar-refractivity contribution in [2.45, 2.75) is 11.3 Å². The highest BCUT2D eigenvalue weighted by molar-refractivity contribution is 7.99. The molecule has 1 nitrogen and oxygen atoms in total. The average molecular weight is 360 g/mol. The first kappa shape index (κ1) is 18.5. The lowest BCUT2D eigenvalue weighted by molar-refractivity contribution is 0.734. The minimum Gasteiger partial charge on any atom is -0.313 e. The van der Waals surface area contributed by atoms with Crippen molar-refractivity contribution in [1.82, 2.24) is 5.32 Å². The van der Waals surface area contributed by atoms with Gasteiger partial charge in [-0.25, -0.2) is 0 Å². The van der Waals surface area contributed by atoms with Crippen LogP contribution in [0.1, 0.15) is 17.5 Å². The highest BCUT2D eigenvalue weighted by atomic mass is 32.2. The van der Waals surface area contributed by atoms with Crippen molar-refractivity contribution < 1.29 is 0 Å². The van der Waals surface area contributed by atoms with Crippen molar-refractivity contribution in [3.63, 3.8) is 0 Å². The van der Waals surface area contributed by atoms with Gasteiger partial charge >= 0.3 is 0 Å². The van der Waals surface area contributed by atoms with Crippen LogP contribution in [0.5, 0.6) is 0 Å². The third kappa shape index (κ3) is 5.91. The van der Waals surface area contributed by atoms with Crippen LogP contribution in [-0.2, 0) is 0 Å².